The lowest BCUT2D eigenvalue weighted by molar-refractivity contribution is 0.245. The fourth-order valence-electron chi connectivity index (χ4n) is 3.90. The van der Waals surface area contributed by atoms with E-state index in [1.807, 2.05) is 0 Å². The van der Waals surface area contributed by atoms with Crippen LogP contribution in [0, 0.1) is 23.7 Å². The van der Waals surface area contributed by atoms with Crippen LogP contribution in [0.2, 0.25) is 0 Å². The lowest BCUT2D eigenvalue weighted by Crippen LogP contribution is -2.25. The molecule has 2 bridgehead atoms. The molecule has 4 aliphatic rings. The fraction of sp³-hybridized carbons (Fsp3) is 1.00. The third kappa shape index (κ3) is 0.482. The number of epoxide rings is 1. The second-order valence-electron chi connectivity index (χ2n) is 4.61. The van der Waals surface area contributed by atoms with E-state index < -0.39 is 0 Å². The Morgan fingerprint density at radius 1 is 0.909 bits per heavy atom. The van der Waals surface area contributed by atoms with Gasteiger partial charge in [0.2, 0.25) is 0 Å². The first-order valence-corrected chi connectivity index (χ1v) is 4.81. The molecule has 0 radical (unpaired) electrons. The van der Waals surface area contributed by atoms with E-state index in [9.17, 15) is 0 Å². The largest absolute Gasteiger partial charge is 0.369 e. The van der Waals surface area contributed by atoms with Crippen LogP contribution in [0.3, 0.4) is 0 Å². The van der Waals surface area contributed by atoms with Crippen molar-refractivity contribution in [2.24, 2.45) is 23.7 Å². The molecule has 2 aliphatic carbocycles. The zero-order valence-corrected chi connectivity index (χ0v) is 6.49. The molecular formula is C9H13NO. The van der Waals surface area contributed by atoms with E-state index in [0.717, 1.165) is 23.7 Å². The van der Waals surface area contributed by atoms with Crippen LogP contribution >= 0.6 is 0 Å². The quantitative estimate of drug-likeness (QED) is 0.501. The molecule has 6 atom stereocenters. The summed E-state index contributed by atoms with van der Waals surface area (Å²) < 4.78 is 5.65. The molecule has 1 N–H and O–H groups in total. The van der Waals surface area contributed by atoms with Crippen molar-refractivity contribution in [2.45, 2.75) is 18.6 Å². The summed E-state index contributed by atoms with van der Waals surface area (Å²) in [6.45, 7) is 2.55. The fourth-order valence-corrected chi connectivity index (χ4v) is 3.90. The predicted molar refractivity (Wildman–Crippen MR) is 40.1 cm³/mol. The highest BCUT2D eigenvalue weighted by atomic mass is 16.6. The first-order valence-electron chi connectivity index (χ1n) is 4.81. The summed E-state index contributed by atoms with van der Waals surface area (Å²) in [5, 5.41) is 3.51. The highest BCUT2D eigenvalue weighted by Crippen LogP contribution is 2.62. The van der Waals surface area contributed by atoms with E-state index in [-0.39, 0.29) is 0 Å². The SMILES string of the molecule is C1NCC2C1C1CC2C2OC12. The van der Waals surface area contributed by atoms with Crippen molar-refractivity contribution < 1.29 is 4.74 Å². The number of fused-ring (bicyclic) bond motifs is 8. The molecule has 2 aliphatic heterocycles. The van der Waals surface area contributed by atoms with Gasteiger partial charge in [-0.25, -0.2) is 0 Å². The zero-order valence-electron chi connectivity index (χ0n) is 6.49. The number of nitrogens with one attached hydrogen (secondary N) is 1. The first-order chi connectivity index (χ1) is 5.45. The molecule has 4 rings (SSSR count). The maximum atomic E-state index is 5.65. The number of hydrogen-bond acceptors (Lipinski definition) is 2. The van der Waals surface area contributed by atoms with Crippen molar-refractivity contribution >= 4 is 0 Å². The Balaban J connectivity index is 1.79. The minimum Gasteiger partial charge on any atom is -0.369 e. The second-order valence-corrected chi connectivity index (χ2v) is 4.61. The van der Waals surface area contributed by atoms with Gasteiger partial charge in [-0.05, 0) is 43.2 Å². The molecule has 11 heavy (non-hydrogen) atoms. The molecule has 2 saturated carbocycles. The Hall–Kier alpha value is -0.0800. The minimum absolute atomic E-state index is 0.709. The van der Waals surface area contributed by atoms with E-state index in [1.54, 1.807) is 0 Å². The standard InChI is InChI=1S/C9H13NO/c1-4-6-2-10-3-7(6)5(1)9-8(4)11-9/h4-10H,1-3H2. The number of ether oxygens (including phenoxy) is 1. The summed E-state index contributed by atoms with van der Waals surface area (Å²) in [4.78, 5) is 0. The van der Waals surface area contributed by atoms with Gasteiger partial charge in [-0.15, -0.1) is 0 Å². The smallest absolute Gasteiger partial charge is 0.0876 e. The van der Waals surface area contributed by atoms with E-state index in [0.29, 0.717) is 12.2 Å². The van der Waals surface area contributed by atoms with Gasteiger partial charge < -0.3 is 10.1 Å². The molecule has 0 aromatic rings. The topological polar surface area (TPSA) is 24.6 Å². The molecule has 0 spiro atoms. The molecule has 2 saturated heterocycles. The highest BCUT2D eigenvalue weighted by Gasteiger charge is 2.67. The maximum absolute atomic E-state index is 5.65. The normalized spacial score (nSPS) is 69.8. The molecule has 2 nitrogen and oxygen atoms in total. The van der Waals surface area contributed by atoms with E-state index in [1.165, 1.54) is 19.5 Å². The van der Waals surface area contributed by atoms with Gasteiger partial charge >= 0.3 is 0 Å². The van der Waals surface area contributed by atoms with Crippen molar-refractivity contribution in [2.75, 3.05) is 13.1 Å². The van der Waals surface area contributed by atoms with Crippen LogP contribution in [0.4, 0.5) is 0 Å². The predicted octanol–water partition coefficient (Wildman–Crippen LogP) is 0.239. The Labute approximate surface area is 66.3 Å². The highest BCUT2D eigenvalue weighted by molar-refractivity contribution is 5.16. The lowest BCUT2D eigenvalue weighted by Gasteiger charge is -2.19. The molecule has 0 aromatic heterocycles. The monoisotopic (exact) mass is 151 g/mol. The number of hydrogen-bond donors (Lipinski definition) is 1. The van der Waals surface area contributed by atoms with E-state index in [2.05, 4.69) is 5.32 Å². The zero-order chi connectivity index (χ0) is 7.00. The average molecular weight is 151 g/mol. The average Bonchev–Trinajstić information content (AvgIpc) is 2.46. The van der Waals surface area contributed by atoms with Gasteiger partial charge in [0.05, 0.1) is 12.2 Å². The molecule has 4 fully saturated rings. The van der Waals surface area contributed by atoms with Gasteiger partial charge in [0.25, 0.3) is 0 Å². The van der Waals surface area contributed by atoms with Gasteiger partial charge in [-0.3, -0.25) is 0 Å². The molecule has 0 amide bonds. The van der Waals surface area contributed by atoms with Gasteiger partial charge in [-0.2, -0.15) is 0 Å². The van der Waals surface area contributed by atoms with Crippen LogP contribution in [-0.4, -0.2) is 25.3 Å². The molecule has 6 unspecified atom stereocenters. The summed E-state index contributed by atoms with van der Waals surface area (Å²) in [6, 6.07) is 0. The van der Waals surface area contributed by atoms with Gasteiger partial charge in [0.15, 0.2) is 0 Å². The maximum Gasteiger partial charge on any atom is 0.0876 e. The third-order valence-corrected chi connectivity index (χ3v) is 4.36. The van der Waals surface area contributed by atoms with Crippen LogP contribution in [-0.2, 0) is 4.74 Å². The first kappa shape index (κ1) is 5.55. The van der Waals surface area contributed by atoms with Crippen LogP contribution in [0.5, 0.6) is 0 Å². The van der Waals surface area contributed by atoms with E-state index in [4.69, 9.17) is 4.74 Å². The summed E-state index contributed by atoms with van der Waals surface area (Å²) >= 11 is 0. The molecule has 2 heteroatoms. The van der Waals surface area contributed by atoms with Crippen LogP contribution < -0.4 is 5.32 Å². The van der Waals surface area contributed by atoms with Gasteiger partial charge in [0.1, 0.15) is 0 Å². The Kier molecular flexibility index (Phi) is 0.758. The third-order valence-electron chi connectivity index (χ3n) is 4.36. The van der Waals surface area contributed by atoms with Crippen LogP contribution in [0.25, 0.3) is 0 Å². The lowest BCUT2D eigenvalue weighted by atomic mass is 9.82. The van der Waals surface area contributed by atoms with Gasteiger partial charge in [-0.1, -0.05) is 0 Å². The van der Waals surface area contributed by atoms with Crippen LogP contribution in [0.1, 0.15) is 6.42 Å². The van der Waals surface area contributed by atoms with Crippen molar-refractivity contribution in [1.29, 1.82) is 0 Å². The molecular weight excluding hydrogens is 138 g/mol. The summed E-state index contributed by atoms with van der Waals surface area (Å²) in [5.41, 5.74) is 0. The molecule has 60 valence electrons. The Bertz CT molecular complexity index is 194. The van der Waals surface area contributed by atoms with Crippen molar-refractivity contribution in [3.05, 3.63) is 0 Å². The summed E-state index contributed by atoms with van der Waals surface area (Å²) in [7, 11) is 0. The summed E-state index contributed by atoms with van der Waals surface area (Å²) in [5.74, 6) is 3.88. The van der Waals surface area contributed by atoms with Crippen molar-refractivity contribution in [3.8, 4) is 0 Å². The second kappa shape index (κ2) is 1.50. The van der Waals surface area contributed by atoms with E-state index >= 15 is 0 Å². The van der Waals surface area contributed by atoms with Crippen LogP contribution in [0.15, 0.2) is 0 Å². The Morgan fingerprint density at radius 3 is 2.18 bits per heavy atom. The molecule has 2 heterocycles. The van der Waals surface area contributed by atoms with Gasteiger partial charge in [0, 0.05) is 0 Å². The number of rotatable bonds is 0. The molecule has 0 aromatic carbocycles. The minimum atomic E-state index is 0.709. The van der Waals surface area contributed by atoms with Crippen molar-refractivity contribution in [3.63, 3.8) is 0 Å². The van der Waals surface area contributed by atoms with Crippen molar-refractivity contribution in [1.82, 2.24) is 5.32 Å². The Morgan fingerprint density at radius 2 is 1.55 bits per heavy atom. The summed E-state index contributed by atoms with van der Waals surface area (Å²) in [6.07, 6.45) is 2.91.